The topological polar surface area (TPSA) is 38.9 Å². The van der Waals surface area contributed by atoms with Crippen LogP contribution in [-0.2, 0) is 12.8 Å². The second-order valence-electron chi connectivity index (χ2n) is 8.30. The van der Waals surface area contributed by atoms with E-state index in [-0.39, 0.29) is 0 Å². The molecule has 0 saturated carbocycles. The lowest BCUT2D eigenvalue weighted by Gasteiger charge is -2.30. The van der Waals surface area contributed by atoms with Gasteiger partial charge in [0.15, 0.2) is 0 Å². The highest BCUT2D eigenvalue weighted by molar-refractivity contribution is 5.41. The molecular weight excluding hydrogens is 358 g/mol. The summed E-state index contributed by atoms with van der Waals surface area (Å²) in [5.74, 6) is 0.888. The molecule has 3 rings (SSSR count). The Bertz CT molecular complexity index is 851. The molecule has 0 atom stereocenters. The van der Waals surface area contributed by atoms with Crippen molar-refractivity contribution in [2.24, 2.45) is 0 Å². The monoisotopic (exact) mass is 393 g/mol. The van der Waals surface area contributed by atoms with Crippen LogP contribution in [-0.4, -0.2) is 42.6 Å². The van der Waals surface area contributed by atoms with Crippen molar-refractivity contribution in [3.05, 3.63) is 60.4 Å². The second-order valence-corrected chi connectivity index (χ2v) is 8.30. The first-order valence-electron chi connectivity index (χ1n) is 10.9. The molecule has 0 aliphatic heterocycles. The van der Waals surface area contributed by atoms with Crippen LogP contribution in [0.15, 0.2) is 49.2 Å². The van der Waals surface area contributed by atoms with Gasteiger partial charge < -0.3 is 0 Å². The van der Waals surface area contributed by atoms with Crippen molar-refractivity contribution in [3.8, 4) is 11.6 Å². The fourth-order valence-corrected chi connectivity index (χ4v) is 3.94. The van der Waals surface area contributed by atoms with Crippen molar-refractivity contribution in [1.82, 2.24) is 24.0 Å². The first-order valence-corrected chi connectivity index (χ1v) is 10.9. The van der Waals surface area contributed by atoms with Gasteiger partial charge in [-0.25, -0.2) is 9.97 Å². The minimum absolute atomic E-state index is 0.525. The number of nitrogens with zero attached hydrogens (tertiary/aromatic N) is 5. The van der Waals surface area contributed by atoms with Crippen LogP contribution < -0.4 is 0 Å². The van der Waals surface area contributed by atoms with Crippen molar-refractivity contribution in [2.75, 3.05) is 6.54 Å². The maximum absolute atomic E-state index is 4.74. The average molecular weight is 394 g/mol. The fourth-order valence-electron chi connectivity index (χ4n) is 3.94. The van der Waals surface area contributed by atoms with Gasteiger partial charge in [-0.05, 0) is 58.2 Å². The van der Waals surface area contributed by atoms with Gasteiger partial charge in [-0.2, -0.15) is 0 Å². The molecule has 0 saturated heterocycles. The van der Waals surface area contributed by atoms with Gasteiger partial charge in [-0.3, -0.25) is 14.0 Å². The Hall–Kier alpha value is -2.40. The van der Waals surface area contributed by atoms with Crippen LogP contribution in [0.3, 0.4) is 0 Å². The molecule has 5 heteroatoms. The number of imidazole rings is 2. The second kappa shape index (κ2) is 9.88. The largest absolute Gasteiger partial charge is 0.298 e. The molecule has 2 aromatic heterocycles. The summed E-state index contributed by atoms with van der Waals surface area (Å²) in [6.07, 6.45) is 12.1. The van der Waals surface area contributed by atoms with E-state index in [0.717, 1.165) is 31.0 Å². The normalized spacial score (nSPS) is 11.9. The predicted molar refractivity (Wildman–Crippen MR) is 120 cm³/mol. The number of aromatic nitrogens is 4. The van der Waals surface area contributed by atoms with Crippen LogP contribution in [0, 0.1) is 0 Å². The molecule has 0 fully saturated rings. The third-order valence-corrected chi connectivity index (χ3v) is 5.52. The van der Waals surface area contributed by atoms with Crippen molar-refractivity contribution < 1.29 is 0 Å². The summed E-state index contributed by atoms with van der Waals surface area (Å²) in [4.78, 5) is 11.5. The summed E-state index contributed by atoms with van der Waals surface area (Å²) in [6, 6.07) is 10.00. The Labute approximate surface area is 175 Å². The quantitative estimate of drug-likeness (QED) is 0.483. The zero-order valence-corrected chi connectivity index (χ0v) is 18.5. The maximum atomic E-state index is 4.74. The van der Waals surface area contributed by atoms with E-state index < -0.39 is 0 Å². The first-order chi connectivity index (χ1) is 14.0. The third-order valence-electron chi connectivity index (χ3n) is 5.52. The van der Waals surface area contributed by atoms with Crippen molar-refractivity contribution in [3.63, 3.8) is 0 Å². The number of rotatable bonds is 10. The van der Waals surface area contributed by atoms with Crippen LogP contribution in [0.25, 0.3) is 11.6 Å². The van der Waals surface area contributed by atoms with Crippen LogP contribution in [0.4, 0.5) is 0 Å². The molecule has 0 radical (unpaired) electrons. The van der Waals surface area contributed by atoms with E-state index in [9.17, 15) is 0 Å². The van der Waals surface area contributed by atoms with Crippen molar-refractivity contribution in [2.45, 2.75) is 72.4 Å². The molecule has 0 N–H and O–H groups in total. The number of benzene rings is 1. The van der Waals surface area contributed by atoms with Gasteiger partial charge in [0.05, 0.1) is 6.20 Å². The lowest BCUT2D eigenvalue weighted by Crippen LogP contribution is -2.38. The number of aryl methyl sites for hydroxylation is 1. The lowest BCUT2D eigenvalue weighted by atomic mass is 10.1. The highest BCUT2D eigenvalue weighted by Gasteiger charge is 2.17. The van der Waals surface area contributed by atoms with Crippen LogP contribution in [0.2, 0.25) is 0 Å². The molecule has 0 bridgehead atoms. The number of hydrogen-bond donors (Lipinski definition) is 0. The van der Waals surface area contributed by atoms with Crippen LogP contribution in [0.5, 0.6) is 0 Å². The Morgan fingerprint density at radius 2 is 1.72 bits per heavy atom. The standard InChI is InChI=1S/C24H35N5/c1-6-7-8-21-9-11-22(12-10-21)29-23(13-15-28(19(2)3)20(4)5)17-26-24(29)27-16-14-25-18-27/h9-12,14,16-20H,6-8,13,15H2,1-5H3. The smallest absolute Gasteiger partial charge is 0.219 e. The molecule has 0 spiro atoms. The molecule has 1 aromatic carbocycles. The summed E-state index contributed by atoms with van der Waals surface area (Å²) in [6.45, 7) is 12.3. The van der Waals surface area contributed by atoms with Crippen molar-refractivity contribution in [1.29, 1.82) is 0 Å². The summed E-state index contributed by atoms with van der Waals surface area (Å²) < 4.78 is 4.25. The molecular formula is C24H35N5. The van der Waals surface area contributed by atoms with Crippen LogP contribution in [0.1, 0.15) is 58.7 Å². The van der Waals surface area contributed by atoms with Gasteiger partial charge in [-0.15, -0.1) is 0 Å². The zero-order valence-electron chi connectivity index (χ0n) is 18.5. The Morgan fingerprint density at radius 3 is 2.31 bits per heavy atom. The molecule has 29 heavy (non-hydrogen) atoms. The summed E-state index contributed by atoms with van der Waals surface area (Å²) in [5.41, 5.74) is 3.77. The van der Waals surface area contributed by atoms with E-state index in [0.29, 0.717) is 12.1 Å². The molecule has 156 valence electrons. The minimum Gasteiger partial charge on any atom is -0.298 e. The molecule has 3 aromatic rings. The van der Waals surface area contributed by atoms with E-state index >= 15 is 0 Å². The molecule has 2 heterocycles. The average Bonchev–Trinajstić information content (AvgIpc) is 3.36. The van der Waals surface area contributed by atoms with Gasteiger partial charge in [0.1, 0.15) is 6.33 Å². The van der Waals surface area contributed by atoms with E-state index in [1.54, 1.807) is 6.20 Å². The van der Waals surface area contributed by atoms with Crippen molar-refractivity contribution >= 4 is 0 Å². The lowest BCUT2D eigenvalue weighted by molar-refractivity contribution is 0.176. The highest BCUT2D eigenvalue weighted by atomic mass is 15.3. The molecule has 0 aliphatic rings. The first kappa shape index (κ1) is 21.3. The Balaban J connectivity index is 1.91. The number of unbranched alkanes of at least 4 members (excludes halogenated alkanes) is 1. The van der Waals surface area contributed by atoms with Gasteiger partial charge in [0, 0.05) is 48.8 Å². The van der Waals surface area contributed by atoms with Gasteiger partial charge >= 0.3 is 0 Å². The molecule has 0 unspecified atom stereocenters. The Kier molecular flexibility index (Phi) is 7.26. The minimum atomic E-state index is 0.525. The van der Waals surface area contributed by atoms with Gasteiger partial charge in [0.2, 0.25) is 5.95 Å². The summed E-state index contributed by atoms with van der Waals surface area (Å²) in [5, 5.41) is 0. The van der Waals surface area contributed by atoms with E-state index in [1.807, 2.05) is 23.3 Å². The molecule has 0 aliphatic carbocycles. The van der Waals surface area contributed by atoms with E-state index in [2.05, 4.69) is 73.3 Å². The third kappa shape index (κ3) is 5.15. The Morgan fingerprint density at radius 1 is 1.00 bits per heavy atom. The van der Waals surface area contributed by atoms with E-state index in [4.69, 9.17) is 4.98 Å². The highest BCUT2D eigenvalue weighted by Crippen LogP contribution is 2.21. The summed E-state index contributed by atoms with van der Waals surface area (Å²) in [7, 11) is 0. The van der Waals surface area contributed by atoms with Gasteiger partial charge in [-0.1, -0.05) is 25.5 Å². The zero-order chi connectivity index (χ0) is 20.8. The van der Waals surface area contributed by atoms with E-state index in [1.165, 1.54) is 24.1 Å². The van der Waals surface area contributed by atoms with Crippen LogP contribution >= 0.6 is 0 Å². The molecule has 5 nitrogen and oxygen atoms in total. The van der Waals surface area contributed by atoms with Gasteiger partial charge in [0.25, 0.3) is 0 Å². The number of hydrogen-bond acceptors (Lipinski definition) is 3. The maximum Gasteiger partial charge on any atom is 0.219 e. The molecule has 0 amide bonds. The SMILES string of the molecule is CCCCc1ccc(-n2c(CCN(C(C)C)C(C)C)cnc2-n2ccnc2)cc1. The predicted octanol–water partition coefficient (Wildman–Crippen LogP) is 5.06. The fraction of sp³-hybridized carbons (Fsp3) is 0.500. The summed E-state index contributed by atoms with van der Waals surface area (Å²) >= 11 is 0.